The highest BCUT2D eigenvalue weighted by Gasteiger charge is 2.21. The van der Waals surface area contributed by atoms with Gasteiger partial charge in [0.1, 0.15) is 0 Å². The maximum absolute atomic E-state index is 12.5. The second-order valence-corrected chi connectivity index (χ2v) is 27.0. The highest BCUT2D eigenvalue weighted by atomic mass is 32.1. The fourth-order valence-electron chi connectivity index (χ4n) is 11.3. The van der Waals surface area contributed by atoms with Crippen LogP contribution in [0.25, 0.3) is 0 Å². The van der Waals surface area contributed by atoms with Gasteiger partial charge in [0.15, 0.2) is 0 Å². The Labute approximate surface area is 680 Å². The Morgan fingerprint density at radius 2 is 0.690 bits per heavy atom. The van der Waals surface area contributed by atoms with E-state index in [0.717, 1.165) is 56.8 Å². The summed E-state index contributed by atoms with van der Waals surface area (Å²) in [7, 11) is 6.32. The number of amides is 9. The molecule has 9 aromatic carbocycles. The molecule has 116 heavy (non-hydrogen) atoms. The van der Waals surface area contributed by atoms with Crippen molar-refractivity contribution < 1.29 is 78.3 Å². The molecule has 1 aromatic heterocycles. The van der Waals surface area contributed by atoms with Crippen molar-refractivity contribution in [2.75, 3.05) is 92.3 Å². The van der Waals surface area contributed by atoms with E-state index in [-0.39, 0.29) is 119 Å². The number of hydrogen-bond acceptors (Lipinski definition) is 17. The van der Waals surface area contributed by atoms with Crippen LogP contribution in [0, 0.1) is 0 Å². The second-order valence-electron chi connectivity index (χ2n) is 25.8. The molecule has 1 heterocycles. The van der Waals surface area contributed by atoms with Crippen molar-refractivity contribution in [3.63, 3.8) is 0 Å². The van der Waals surface area contributed by atoms with E-state index in [1.807, 2.05) is 164 Å². The predicted molar refractivity (Wildman–Crippen MR) is 445 cm³/mol. The van der Waals surface area contributed by atoms with E-state index in [9.17, 15) is 68.4 Å². The zero-order valence-electron chi connectivity index (χ0n) is 65.5. The first-order chi connectivity index (χ1) is 56.3. The molecule has 0 aliphatic carbocycles. The molecule has 0 atom stereocenters. The number of thiophene rings is 1. The summed E-state index contributed by atoms with van der Waals surface area (Å²) in [6.07, 6.45) is 2.56. The van der Waals surface area contributed by atoms with Crippen LogP contribution < -0.4 is 31.6 Å². The van der Waals surface area contributed by atoms with Crippen LogP contribution in [0.4, 0.5) is 5.69 Å². The van der Waals surface area contributed by atoms with Crippen LogP contribution in [-0.4, -0.2) is 187 Å². The van der Waals surface area contributed by atoms with Crippen molar-refractivity contribution in [1.82, 2.24) is 41.4 Å². The molecule has 10 rings (SSSR count). The third kappa shape index (κ3) is 32.3. The number of carbonyl (C=O) groups excluding carboxylic acids is 10. The number of aliphatic hydroxyl groups is 4. The topological polar surface area (TPSA) is 354 Å². The zero-order valence-corrected chi connectivity index (χ0v) is 66.3. The van der Waals surface area contributed by atoms with Gasteiger partial charge in [-0.15, -0.1) is 11.3 Å². The third-order valence-corrected chi connectivity index (χ3v) is 18.6. The van der Waals surface area contributed by atoms with Gasteiger partial charge in [0.05, 0.1) is 63.6 Å². The molecular weight excluding hydrogens is 1500 g/mol. The lowest BCUT2D eigenvalue weighted by molar-refractivity contribution is -0.143. The maximum atomic E-state index is 12.5. The van der Waals surface area contributed by atoms with Crippen LogP contribution in [0.1, 0.15) is 112 Å². The molecule has 0 spiro atoms. The highest BCUT2D eigenvalue weighted by molar-refractivity contribution is 7.14. The standard InChI is InChI=1S/2C19H22N2O3.C18H20N2O3.C18H19NO4.C16H18N2O3S/c1-20-19(24)17-9-7-15(8-10-17)13-18(23)21(11-12-22)14-16-5-3-2-4-6-16;1-20-19(24)17-9-7-16(8-10-17)14-21(11-12-22)18(23)13-15-5-3-2-4-6-15;1-19-17(22)15-9-7-14(8-10-15)13-20(11-12-21)18(23)16-5-3-2-4-6-16;20-17(23-12-4-7-14-5-2-1-3-6-14)13-15-8-10-16(11-9-15)18(21)19-22;1-17-16(21)14-8-7-13(22-14)11-15(20)18(9-10-19)12-5-3-2-4-6-12/h2*2-10,22H,11-14H2,1H3,(H,20,24);2-10,21H,11-13H2,1H3,(H,19,22);1-3,5-6,8-11,22H,4,7,12-13H2,(H,19,21);2-8,19H,9-11H2,1H3,(H,17,21). The Morgan fingerprint density at radius 3 is 1.11 bits per heavy atom. The van der Waals surface area contributed by atoms with Crippen LogP contribution >= 0.6 is 11.3 Å². The lowest BCUT2D eigenvalue weighted by Gasteiger charge is -2.22. The van der Waals surface area contributed by atoms with Gasteiger partial charge in [-0.3, -0.25) is 53.2 Å². The molecule has 0 saturated carbocycles. The molecule has 0 bridgehead atoms. The van der Waals surface area contributed by atoms with Crippen LogP contribution in [0.3, 0.4) is 0 Å². The van der Waals surface area contributed by atoms with Crippen molar-refractivity contribution in [3.05, 3.63) is 337 Å². The minimum absolute atomic E-state index is 0.0365. The molecule has 0 fully saturated rings. The van der Waals surface area contributed by atoms with E-state index in [1.165, 1.54) is 16.9 Å². The van der Waals surface area contributed by atoms with Crippen molar-refractivity contribution in [2.45, 2.75) is 58.2 Å². The van der Waals surface area contributed by atoms with Gasteiger partial charge in [0, 0.05) is 112 Å². The number of benzene rings is 9. The summed E-state index contributed by atoms with van der Waals surface area (Å²) in [5.41, 5.74) is 11.5. The molecule has 26 heteroatoms. The molecule has 0 radical (unpaired) electrons. The summed E-state index contributed by atoms with van der Waals surface area (Å²) in [4.78, 5) is 127. The van der Waals surface area contributed by atoms with E-state index in [0.29, 0.717) is 71.9 Å². The van der Waals surface area contributed by atoms with Gasteiger partial charge in [0.2, 0.25) is 17.7 Å². The summed E-state index contributed by atoms with van der Waals surface area (Å²) in [5, 5.41) is 55.6. The van der Waals surface area contributed by atoms with E-state index >= 15 is 0 Å². The summed E-state index contributed by atoms with van der Waals surface area (Å²) in [6.45, 7) is 2.35. The Hall–Kier alpha value is -12.8. The van der Waals surface area contributed by atoms with Crippen LogP contribution in [-0.2, 0) is 75.7 Å². The van der Waals surface area contributed by atoms with Crippen LogP contribution in [0.15, 0.2) is 261 Å². The summed E-state index contributed by atoms with van der Waals surface area (Å²) < 4.78 is 5.21. The van der Waals surface area contributed by atoms with Gasteiger partial charge < -0.3 is 66.0 Å². The molecule has 0 aliphatic rings. The van der Waals surface area contributed by atoms with Crippen LogP contribution in [0.2, 0.25) is 0 Å². The smallest absolute Gasteiger partial charge is 0.310 e. The van der Waals surface area contributed by atoms with Crippen molar-refractivity contribution >= 4 is 76.2 Å². The van der Waals surface area contributed by atoms with E-state index < -0.39 is 5.91 Å². The minimum atomic E-state index is -0.583. The Kier molecular flexibility index (Phi) is 41.1. The number of esters is 1. The number of aliphatic hydroxyl groups excluding tert-OH is 4. The fourth-order valence-corrected chi connectivity index (χ4v) is 12.3. The predicted octanol–water partition coefficient (Wildman–Crippen LogP) is 9.10. The number of aryl methyl sites for hydroxylation is 1. The first kappa shape index (κ1) is 92.1. The Bertz CT molecular complexity index is 4650. The molecule has 608 valence electrons. The molecule has 0 aliphatic heterocycles. The number of rotatable bonds is 33. The maximum Gasteiger partial charge on any atom is 0.310 e. The molecule has 10 aromatic rings. The second kappa shape index (κ2) is 51.7. The number of hydroxylamine groups is 1. The number of nitrogens with zero attached hydrogens (tertiary/aromatic N) is 4. The first-order valence-electron chi connectivity index (χ1n) is 37.5. The Morgan fingerprint density at radius 1 is 0.336 bits per heavy atom. The van der Waals surface area contributed by atoms with E-state index in [2.05, 4.69) is 21.3 Å². The number of ether oxygens (including phenoxy) is 1. The molecule has 25 nitrogen and oxygen atoms in total. The SMILES string of the molecule is CNC(=O)c1ccc(CC(=O)N(CCO)Cc2ccccc2)cc1.CNC(=O)c1ccc(CC(=O)N(CCO)c2ccccc2)s1.CNC(=O)c1ccc(CN(CCO)C(=O)Cc2ccccc2)cc1.CNC(=O)c1ccc(CN(CCO)C(=O)c2ccccc2)cc1.O=C(Cc1ccc(C(=O)NO)cc1)OCCCc1ccccc1. The van der Waals surface area contributed by atoms with Gasteiger partial charge in [-0.2, -0.15) is 0 Å². The largest absolute Gasteiger partial charge is 0.465 e. The Balaban J connectivity index is 0.000000225. The molecule has 10 N–H and O–H groups in total. The zero-order chi connectivity index (χ0) is 83.8. The lowest BCUT2D eigenvalue weighted by Crippen LogP contribution is -2.34. The first-order valence-corrected chi connectivity index (χ1v) is 38.3. The third-order valence-electron chi connectivity index (χ3n) is 17.5. The van der Waals surface area contributed by atoms with Crippen LogP contribution in [0.5, 0.6) is 0 Å². The van der Waals surface area contributed by atoms with Gasteiger partial charge in [-0.05, 0) is 137 Å². The van der Waals surface area contributed by atoms with Crippen molar-refractivity contribution in [2.24, 2.45) is 0 Å². The number of anilines is 1. The molecule has 0 saturated heterocycles. The number of hydrogen-bond donors (Lipinski definition) is 10. The van der Waals surface area contributed by atoms with E-state index in [4.69, 9.17) is 9.94 Å². The summed E-state index contributed by atoms with van der Waals surface area (Å²) >= 11 is 1.30. The molecular formula is C90H101N9O16S. The van der Waals surface area contributed by atoms with Crippen molar-refractivity contribution in [3.8, 4) is 0 Å². The van der Waals surface area contributed by atoms with Crippen molar-refractivity contribution in [1.29, 1.82) is 0 Å². The monoisotopic (exact) mass is 1600 g/mol. The lowest BCUT2D eigenvalue weighted by atomic mass is 10.1. The van der Waals surface area contributed by atoms with Gasteiger partial charge >= 0.3 is 5.97 Å². The van der Waals surface area contributed by atoms with Gasteiger partial charge in [-0.25, -0.2) is 5.48 Å². The average molecular weight is 1600 g/mol. The molecule has 9 amide bonds. The van der Waals surface area contributed by atoms with E-state index in [1.54, 1.807) is 150 Å². The normalized spacial score (nSPS) is 10.2. The number of nitrogens with one attached hydrogen (secondary N) is 5. The fraction of sp³-hybridized carbons (Fsp3) is 0.244. The highest BCUT2D eigenvalue weighted by Crippen LogP contribution is 2.22. The van der Waals surface area contributed by atoms with Gasteiger partial charge in [-0.1, -0.05) is 176 Å². The quantitative estimate of drug-likeness (QED) is 0.00793. The average Bonchev–Trinajstić information content (AvgIpc) is 1.70. The number of carbonyl (C=O) groups is 10. The molecule has 0 unspecified atom stereocenters. The summed E-state index contributed by atoms with van der Waals surface area (Å²) in [6, 6.07) is 78.5. The minimum Gasteiger partial charge on any atom is -0.465 e. The van der Waals surface area contributed by atoms with Gasteiger partial charge in [0.25, 0.3) is 35.4 Å². The summed E-state index contributed by atoms with van der Waals surface area (Å²) in [5.74, 6) is -1.81. The number of para-hydroxylation sites is 1.